The number of methoxy groups -OCH3 is 2. The van der Waals surface area contributed by atoms with Crippen molar-refractivity contribution in [2.75, 3.05) is 27.3 Å². The minimum absolute atomic E-state index is 0.131. The average molecular weight is 475 g/mol. The molecule has 2 aromatic carbocycles. The van der Waals surface area contributed by atoms with Gasteiger partial charge in [-0.1, -0.05) is 23.8 Å². The van der Waals surface area contributed by atoms with Gasteiger partial charge in [0, 0.05) is 25.6 Å². The molecule has 0 atom stereocenters. The highest BCUT2D eigenvalue weighted by Gasteiger charge is 2.32. The Morgan fingerprint density at radius 2 is 1.76 bits per heavy atom. The number of hydrogen-bond acceptors (Lipinski definition) is 6. The summed E-state index contributed by atoms with van der Waals surface area (Å²) in [5.74, 6) is -0.519. The highest BCUT2D eigenvalue weighted by molar-refractivity contribution is 7.89. The van der Waals surface area contributed by atoms with Crippen molar-refractivity contribution < 1.29 is 27.5 Å². The van der Waals surface area contributed by atoms with E-state index >= 15 is 0 Å². The van der Waals surface area contributed by atoms with Crippen LogP contribution < -0.4 is 10.1 Å². The van der Waals surface area contributed by atoms with Crippen LogP contribution in [-0.4, -0.2) is 51.9 Å². The van der Waals surface area contributed by atoms with Crippen LogP contribution in [0.15, 0.2) is 41.3 Å². The van der Waals surface area contributed by atoms with Crippen molar-refractivity contribution in [3.05, 3.63) is 58.7 Å². The summed E-state index contributed by atoms with van der Waals surface area (Å²) in [6.45, 7) is 4.56. The lowest BCUT2D eigenvalue weighted by atomic mass is 9.97. The number of aryl methyl sites for hydroxylation is 2. The molecule has 0 bridgehead atoms. The maximum absolute atomic E-state index is 13.0. The molecule has 178 valence electrons. The van der Waals surface area contributed by atoms with Crippen LogP contribution in [0.2, 0.25) is 0 Å². The first kappa shape index (κ1) is 24.7. The number of carbonyl (C=O) groups excluding carboxylic acids is 2. The molecule has 33 heavy (non-hydrogen) atoms. The Morgan fingerprint density at radius 1 is 1.06 bits per heavy atom. The number of rotatable bonds is 7. The predicted molar refractivity (Wildman–Crippen MR) is 124 cm³/mol. The van der Waals surface area contributed by atoms with Crippen LogP contribution in [0.25, 0.3) is 0 Å². The first-order valence-electron chi connectivity index (χ1n) is 10.8. The first-order chi connectivity index (χ1) is 15.7. The monoisotopic (exact) mass is 474 g/mol. The Labute approximate surface area is 194 Å². The van der Waals surface area contributed by atoms with Crippen LogP contribution >= 0.6 is 0 Å². The molecule has 0 spiro atoms. The summed E-state index contributed by atoms with van der Waals surface area (Å²) in [6, 6.07) is 10.4. The van der Waals surface area contributed by atoms with Gasteiger partial charge in [-0.15, -0.1) is 0 Å². The summed E-state index contributed by atoms with van der Waals surface area (Å²) < 4.78 is 37.5. The zero-order chi connectivity index (χ0) is 24.2. The van der Waals surface area contributed by atoms with Gasteiger partial charge in [-0.05, 0) is 56.0 Å². The van der Waals surface area contributed by atoms with E-state index in [9.17, 15) is 18.0 Å². The molecular weight excluding hydrogens is 444 g/mol. The van der Waals surface area contributed by atoms with Crippen LogP contribution in [0.3, 0.4) is 0 Å². The number of benzene rings is 2. The Morgan fingerprint density at radius 3 is 2.36 bits per heavy atom. The van der Waals surface area contributed by atoms with Crippen LogP contribution in [0.1, 0.15) is 39.9 Å². The number of sulfonamides is 1. The highest BCUT2D eigenvalue weighted by atomic mass is 32.2. The lowest BCUT2D eigenvalue weighted by Gasteiger charge is -2.31. The standard InChI is InChI=1S/C24H30N2O6S/c1-16-5-8-22(17(2)13-16)33(29,30)26-11-9-19(10-12-26)23(27)25-15-18-6-7-21(31-3)20(14-18)24(28)32-4/h5-8,13-14,19H,9-12,15H2,1-4H3,(H,25,27). The lowest BCUT2D eigenvalue weighted by molar-refractivity contribution is -0.126. The van der Waals surface area contributed by atoms with Gasteiger partial charge in [-0.3, -0.25) is 4.79 Å². The molecule has 1 amide bonds. The van der Waals surface area contributed by atoms with Gasteiger partial charge in [0.1, 0.15) is 11.3 Å². The number of piperidine rings is 1. The second kappa shape index (κ2) is 10.4. The molecule has 1 saturated heterocycles. The smallest absolute Gasteiger partial charge is 0.341 e. The fraction of sp³-hybridized carbons (Fsp3) is 0.417. The molecule has 0 aromatic heterocycles. The summed E-state index contributed by atoms with van der Waals surface area (Å²) in [7, 11) is -0.827. The minimum atomic E-state index is -3.59. The molecule has 0 saturated carbocycles. The Kier molecular flexibility index (Phi) is 7.76. The van der Waals surface area contributed by atoms with Crippen LogP contribution in [0.4, 0.5) is 0 Å². The quantitative estimate of drug-likeness (QED) is 0.619. The first-order valence-corrected chi connectivity index (χ1v) is 12.2. The van der Waals surface area contributed by atoms with Crippen molar-refractivity contribution in [3.63, 3.8) is 0 Å². The Bertz CT molecular complexity index is 1140. The van der Waals surface area contributed by atoms with Crippen molar-refractivity contribution >= 4 is 21.9 Å². The number of nitrogens with one attached hydrogen (secondary N) is 1. The summed E-state index contributed by atoms with van der Waals surface area (Å²) in [5.41, 5.74) is 2.76. The second-order valence-electron chi connectivity index (χ2n) is 8.19. The topological polar surface area (TPSA) is 102 Å². The van der Waals surface area contributed by atoms with Crippen molar-refractivity contribution in [2.24, 2.45) is 5.92 Å². The SMILES string of the molecule is COC(=O)c1cc(CNC(=O)C2CCN(S(=O)(=O)c3ccc(C)cc3C)CC2)ccc1OC. The van der Waals surface area contributed by atoms with Gasteiger partial charge in [-0.25, -0.2) is 13.2 Å². The minimum Gasteiger partial charge on any atom is -0.496 e. The molecule has 2 aromatic rings. The zero-order valence-corrected chi connectivity index (χ0v) is 20.2. The normalized spacial score (nSPS) is 15.2. The fourth-order valence-corrected chi connectivity index (χ4v) is 5.73. The van der Waals surface area contributed by atoms with Crippen LogP contribution in [0.5, 0.6) is 5.75 Å². The molecule has 1 aliphatic rings. The van der Waals surface area contributed by atoms with Crippen molar-refractivity contribution in [1.29, 1.82) is 0 Å². The molecule has 1 heterocycles. The van der Waals surface area contributed by atoms with Gasteiger partial charge in [0.25, 0.3) is 0 Å². The van der Waals surface area contributed by atoms with Crippen molar-refractivity contribution in [1.82, 2.24) is 9.62 Å². The maximum Gasteiger partial charge on any atom is 0.341 e. The van der Waals surface area contributed by atoms with E-state index in [0.717, 1.165) is 16.7 Å². The highest BCUT2D eigenvalue weighted by Crippen LogP contribution is 2.26. The average Bonchev–Trinajstić information content (AvgIpc) is 2.81. The zero-order valence-electron chi connectivity index (χ0n) is 19.4. The van der Waals surface area contributed by atoms with E-state index < -0.39 is 16.0 Å². The van der Waals surface area contributed by atoms with E-state index in [1.807, 2.05) is 13.0 Å². The third kappa shape index (κ3) is 5.54. The molecule has 3 rings (SSSR count). The summed E-state index contributed by atoms with van der Waals surface area (Å²) in [4.78, 5) is 24.9. The molecule has 8 nitrogen and oxygen atoms in total. The number of carbonyl (C=O) groups is 2. The molecule has 1 fully saturated rings. The van der Waals surface area contributed by atoms with Gasteiger partial charge < -0.3 is 14.8 Å². The van der Waals surface area contributed by atoms with Gasteiger partial charge in [0.2, 0.25) is 15.9 Å². The summed E-state index contributed by atoms with van der Waals surface area (Å²) in [6.07, 6.45) is 0.901. The van der Waals surface area contributed by atoms with Crippen LogP contribution in [-0.2, 0) is 26.1 Å². The molecule has 0 radical (unpaired) electrons. The number of ether oxygens (including phenoxy) is 2. The molecule has 0 unspecified atom stereocenters. The van der Waals surface area contributed by atoms with Crippen molar-refractivity contribution in [3.8, 4) is 5.75 Å². The lowest BCUT2D eigenvalue weighted by Crippen LogP contribution is -2.43. The van der Waals surface area contributed by atoms with Gasteiger partial charge in [0.05, 0.1) is 19.1 Å². The van der Waals surface area contributed by atoms with Crippen molar-refractivity contribution in [2.45, 2.75) is 38.1 Å². The molecule has 1 aliphatic heterocycles. The second-order valence-corrected chi connectivity index (χ2v) is 10.1. The number of amides is 1. The maximum atomic E-state index is 13.0. The molecule has 0 aliphatic carbocycles. The Hall–Kier alpha value is -2.91. The van der Waals surface area contributed by atoms with Gasteiger partial charge >= 0.3 is 5.97 Å². The number of hydrogen-bond donors (Lipinski definition) is 1. The van der Waals surface area contributed by atoms with E-state index in [-0.39, 0.29) is 23.9 Å². The van der Waals surface area contributed by atoms with E-state index in [4.69, 9.17) is 9.47 Å². The van der Waals surface area contributed by atoms with Gasteiger partial charge in [0.15, 0.2) is 0 Å². The van der Waals surface area contributed by atoms with Crippen LogP contribution in [0, 0.1) is 19.8 Å². The fourth-order valence-electron chi connectivity index (χ4n) is 4.05. The third-order valence-electron chi connectivity index (χ3n) is 5.91. The molecular formula is C24H30N2O6S. The van der Waals surface area contributed by atoms with E-state index in [1.165, 1.54) is 18.5 Å². The molecule has 9 heteroatoms. The van der Waals surface area contributed by atoms with E-state index in [2.05, 4.69) is 5.32 Å². The number of nitrogens with zero attached hydrogens (tertiary/aromatic N) is 1. The largest absolute Gasteiger partial charge is 0.496 e. The van der Waals surface area contributed by atoms with E-state index in [1.54, 1.807) is 37.3 Å². The summed E-state index contributed by atoms with van der Waals surface area (Å²) >= 11 is 0. The van der Waals surface area contributed by atoms with Gasteiger partial charge in [-0.2, -0.15) is 4.31 Å². The Balaban J connectivity index is 1.59. The third-order valence-corrected chi connectivity index (χ3v) is 7.97. The van der Waals surface area contributed by atoms with E-state index in [0.29, 0.717) is 36.6 Å². The predicted octanol–water partition coefficient (Wildman–Crippen LogP) is 2.82. The summed E-state index contributed by atoms with van der Waals surface area (Å²) in [5, 5.41) is 2.89. The number of esters is 1. The molecule has 1 N–H and O–H groups in total.